The number of hydrogen-bond donors (Lipinski definition) is 1. The van der Waals surface area contributed by atoms with E-state index in [1.54, 1.807) is 0 Å². The van der Waals surface area contributed by atoms with Gasteiger partial charge in [0.05, 0.1) is 29.1 Å². The predicted molar refractivity (Wildman–Crippen MR) is 117 cm³/mol. The van der Waals surface area contributed by atoms with Crippen LogP contribution in [-0.4, -0.2) is 16.6 Å². The second-order valence-corrected chi connectivity index (χ2v) is 8.29. The molecule has 0 saturated heterocycles. The molecule has 1 fully saturated rings. The Morgan fingerprint density at radius 2 is 1.75 bits per heavy atom. The fraction of sp³-hybridized carbons (Fsp3) is 0.240. The Morgan fingerprint density at radius 3 is 2.50 bits per heavy atom. The Balaban J connectivity index is 1.55. The van der Waals surface area contributed by atoms with E-state index in [1.165, 1.54) is 13.0 Å². The summed E-state index contributed by atoms with van der Waals surface area (Å²) in [5, 5.41) is 2.57. The van der Waals surface area contributed by atoms with E-state index in [9.17, 15) is 18.0 Å². The molecule has 1 aromatic heterocycles. The van der Waals surface area contributed by atoms with Gasteiger partial charge < -0.3 is 5.32 Å². The molecule has 1 N–H and O–H groups in total. The average Bonchev–Trinajstić information content (AvgIpc) is 3.60. The van der Waals surface area contributed by atoms with Crippen LogP contribution in [0, 0.1) is 6.92 Å². The van der Waals surface area contributed by atoms with Crippen LogP contribution in [-0.2, 0) is 11.0 Å². The van der Waals surface area contributed by atoms with Crippen molar-refractivity contribution < 1.29 is 18.0 Å². The minimum atomic E-state index is -4.50. The van der Waals surface area contributed by atoms with Crippen LogP contribution in [0.25, 0.3) is 11.1 Å². The van der Waals surface area contributed by atoms with Gasteiger partial charge >= 0.3 is 6.18 Å². The first-order valence-electron chi connectivity index (χ1n) is 10.4. The second-order valence-electron chi connectivity index (χ2n) is 8.29. The number of benzene rings is 2. The molecule has 4 nitrogen and oxygen atoms in total. The topological polar surface area (TPSA) is 54.4 Å². The van der Waals surface area contributed by atoms with Crippen LogP contribution < -0.4 is 5.32 Å². The number of fused-ring (bicyclic) bond motifs is 1. The Hall–Kier alpha value is -3.48. The first-order chi connectivity index (χ1) is 15.3. The number of amides is 1. The van der Waals surface area contributed by atoms with Gasteiger partial charge in [0, 0.05) is 17.8 Å². The lowest BCUT2D eigenvalue weighted by Gasteiger charge is -2.13. The van der Waals surface area contributed by atoms with Crippen molar-refractivity contribution in [2.75, 3.05) is 5.32 Å². The first-order valence-corrected chi connectivity index (χ1v) is 10.4. The van der Waals surface area contributed by atoms with E-state index < -0.39 is 17.6 Å². The first kappa shape index (κ1) is 20.4. The average molecular weight is 435 g/mol. The maximum Gasteiger partial charge on any atom is 0.416 e. The molecule has 0 radical (unpaired) electrons. The Kier molecular flexibility index (Phi) is 4.84. The van der Waals surface area contributed by atoms with E-state index in [1.807, 2.05) is 36.5 Å². The molecule has 0 unspecified atom stereocenters. The number of anilines is 1. The van der Waals surface area contributed by atoms with Gasteiger partial charge in [-0.2, -0.15) is 13.2 Å². The molecule has 5 rings (SSSR count). The largest absolute Gasteiger partial charge is 0.416 e. The van der Waals surface area contributed by atoms with Crippen LogP contribution in [0.2, 0.25) is 0 Å². The van der Waals surface area contributed by atoms with Crippen molar-refractivity contribution in [2.45, 2.75) is 38.3 Å². The monoisotopic (exact) mass is 435 g/mol. The number of carbonyl (C=O) groups is 1. The lowest BCUT2D eigenvalue weighted by atomic mass is 9.99. The van der Waals surface area contributed by atoms with Gasteiger partial charge in [0.1, 0.15) is 0 Å². The molecular weight excluding hydrogens is 415 g/mol. The standard InChI is InChI=1S/C25H20F3N3O/c1-14-9-22-23(12-19(14)25(26,27)28)31-24(32)13-21(30-22)18-4-2-3-16(10-18)17-7-8-29-20(11-17)15-5-6-15/h2-4,7-12,15H,5-6,13H2,1H3,(H,31,32). The minimum Gasteiger partial charge on any atom is -0.324 e. The van der Waals surface area contributed by atoms with Crippen molar-refractivity contribution in [2.24, 2.45) is 4.99 Å². The highest BCUT2D eigenvalue weighted by Gasteiger charge is 2.34. The van der Waals surface area contributed by atoms with E-state index in [4.69, 9.17) is 0 Å². The Bertz CT molecular complexity index is 1260. The van der Waals surface area contributed by atoms with Crippen LogP contribution >= 0.6 is 0 Å². The molecule has 162 valence electrons. The van der Waals surface area contributed by atoms with Crippen LogP contribution in [0.3, 0.4) is 0 Å². The number of halogens is 3. The van der Waals surface area contributed by atoms with Gasteiger partial charge in [-0.25, -0.2) is 0 Å². The van der Waals surface area contributed by atoms with Crippen LogP contribution in [0.15, 0.2) is 59.7 Å². The smallest absolute Gasteiger partial charge is 0.324 e. The SMILES string of the molecule is Cc1cc2c(cc1C(F)(F)F)NC(=O)CC(c1cccc(-c3ccnc(C4CC4)c3)c1)=N2. The van der Waals surface area contributed by atoms with Crippen molar-refractivity contribution in [3.63, 3.8) is 0 Å². The van der Waals surface area contributed by atoms with Gasteiger partial charge in [-0.3, -0.25) is 14.8 Å². The van der Waals surface area contributed by atoms with Crippen molar-refractivity contribution in [3.05, 3.63) is 77.1 Å². The highest BCUT2D eigenvalue weighted by molar-refractivity contribution is 6.17. The van der Waals surface area contributed by atoms with Crippen molar-refractivity contribution >= 4 is 23.0 Å². The fourth-order valence-electron chi connectivity index (χ4n) is 4.00. The number of aromatic nitrogens is 1. The quantitative estimate of drug-likeness (QED) is 0.516. The molecule has 2 aromatic carbocycles. The number of nitrogens with zero attached hydrogens (tertiary/aromatic N) is 2. The number of aryl methyl sites for hydroxylation is 1. The second kappa shape index (κ2) is 7.58. The summed E-state index contributed by atoms with van der Waals surface area (Å²) in [6.45, 7) is 1.40. The number of alkyl halides is 3. The zero-order valence-corrected chi connectivity index (χ0v) is 17.3. The zero-order chi connectivity index (χ0) is 22.5. The van der Waals surface area contributed by atoms with Gasteiger partial charge in [0.15, 0.2) is 0 Å². The number of carbonyl (C=O) groups excluding carboxylic acids is 1. The normalized spacial score (nSPS) is 16.1. The molecule has 3 aromatic rings. The summed E-state index contributed by atoms with van der Waals surface area (Å²) in [6.07, 6.45) is -0.388. The molecule has 1 amide bonds. The molecule has 7 heteroatoms. The van der Waals surface area contributed by atoms with E-state index in [0.29, 0.717) is 17.3 Å². The minimum absolute atomic E-state index is 0.0256. The third kappa shape index (κ3) is 4.02. The zero-order valence-electron chi connectivity index (χ0n) is 17.3. The molecule has 32 heavy (non-hydrogen) atoms. The molecule has 2 heterocycles. The van der Waals surface area contributed by atoms with Crippen LogP contribution in [0.1, 0.15) is 47.6 Å². The molecule has 0 atom stereocenters. The summed E-state index contributed by atoms with van der Waals surface area (Å²) >= 11 is 0. The van der Waals surface area contributed by atoms with Gasteiger partial charge in [0.2, 0.25) is 5.91 Å². The molecule has 0 bridgehead atoms. The fourth-order valence-corrected chi connectivity index (χ4v) is 4.00. The van der Waals surface area contributed by atoms with Crippen molar-refractivity contribution in [3.8, 4) is 11.1 Å². The van der Waals surface area contributed by atoms with E-state index in [0.717, 1.165) is 41.3 Å². The predicted octanol–water partition coefficient (Wildman–Crippen LogP) is 6.42. The number of nitrogens with one attached hydrogen (secondary N) is 1. The van der Waals surface area contributed by atoms with Crippen LogP contribution in [0.5, 0.6) is 0 Å². The highest BCUT2D eigenvalue weighted by atomic mass is 19.4. The van der Waals surface area contributed by atoms with Crippen LogP contribution in [0.4, 0.5) is 24.5 Å². The van der Waals surface area contributed by atoms with Crippen molar-refractivity contribution in [1.29, 1.82) is 0 Å². The molecular formula is C25H20F3N3O. The Labute approximate surface area is 183 Å². The summed E-state index contributed by atoms with van der Waals surface area (Å²) < 4.78 is 39.9. The van der Waals surface area contributed by atoms with E-state index >= 15 is 0 Å². The number of hydrogen-bond acceptors (Lipinski definition) is 3. The van der Waals surface area contributed by atoms with E-state index in [-0.39, 0.29) is 17.7 Å². The molecule has 0 spiro atoms. The summed E-state index contributed by atoms with van der Waals surface area (Å²) in [4.78, 5) is 21.5. The molecule has 1 aliphatic heterocycles. The number of aliphatic imine (C=N–C) groups is 1. The molecule has 2 aliphatic rings. The lowest BCUT2D eigenvalue weighted by molar-refractivity contribution is -0.138. The maximum absolute atomic E-state index is 13.3. The lowest BCUT2D eigenvalue weighted by Crippen LogP contribution is -2.15. The molecule has 1 saturated carbocycles. The van der Waals surface area contributed by atoms with Gasteiger partial charge in [-0.05, 0) is 72.4 Å². The maximum atomic E-state index is 13.3. The summed E-state index contributed by atoms with van der Waals surface area (Å²) in [5.74, 6) is 0.138. The Morgan fingerprint density at radius 1 is 1.00 bits per heavy atom. The third-order valence-corrected chi connectivity index (χ3v) is 5.81. The highest BCUT2D eigenvalue weighted by Crippen LogP contribution is 2.41. The van der Waals surface area contributed by atoms with Gasteiger partial charge in [-0.1, -0.05) is 18.2 Å². The van der Waals surface area contributed by atoms with Crippen molar-refractivity contribution in [1.82, 2.24) is 4.98 Å². The number of rotatable bonds is 3. The third-order valence-electron chi connectivity index (χ3n) is 5.81. The van der Waals surface area contributed by atoms with E-state index in [2.05, 4.69) is 21.4 Å². The van der Waals surface area contributed by atoms with Gasteiger partial charge in [-0.15, -0.1) is 0 Å². The molecule has 1 aliphatic carbocycles. The summed E-state index contributed by atoms with van der Waals surface area (Å²) in [7, 11) is 0. The summed E-state index contributed by atoms with van der Waals surface area (Å²) in [6, 6.07) is 14.1. The van der Waals surface area contributed by atoms with Gasteiger partial charge in [0.25, 0.3) is 0 Å². The number of pyridine rings is 1. The summed E-state index contributed by atoms with van der Waals surface area (Å²) in [5.41, 5.74) is 4.05.